The zero-order valence-electron chi connectivity index (χ0n) is 16.0. The van der Waals surface area contributed by atoms with Crippen molar-refractivity contribution in [2.24, 2.45) is 0 Å². The average molecular weight is 366 g/mol. The lowest BCUT2D eigenvalue weighted by atomic mass is 9.83. The molecule has 0 aliphatic carbocycles. The van der Waals surface area contributed by atoms with Crippen molar-refractivity contribution in [3.05, 3.63) is 119 Å². The minimum absolute atomic E-state index is 0.0885. The van der Waals surface area contributed by atoms with Crippen molar-refractivity contribution in [1.29, 1.82) is 0 Å². The van der Waals surface area contributed by atoms with E-state index in [-0.39, 0.29) is 11.7 Å². The van der Waals surface area contributed by atoms with Gasteiger partial charge in [0.25, 0.3) is 0 Å². The molecule has 0 radical (unpaired) electrons. The van der Waals surface area contributed by atoms with E-state index in [1.54, 1.807) is 0 Å². The van der Waals surface area contributed by atoms with Crippen molar-refractivity contribution in [3.8, 4) is 5.69 Å². The normalized spacial score (nSPS) is 11.9. The Bertz CT molecular complexity index is 1080. The van der Waals surface area contributed by atoms with Crippen LogP contribution in [0.1, 0.15) is 38.8 Å². The highest BCUT2D eigenvalue weighted by molar-refractivity contribution is 6.03. The molecule has 0 saturated carbocycles. The second-order valence-electron chi connectivity index (χ2n) is 6.91. The maximum absolute atomic E-state index is 13.6. The first-order valence-electron chi connectivity index (χ1n) is 9.42. The van der Waals surface area contributed by atoms with E-state index in [0.29, 0.717) is 5.56 Å². The van der Waals surface area contributed by atoms with Crippen molar-refractivity contribution < 1.29 is 4.79 Å². The number of rotatable bonds is 5. The summed E-state index contributed by atoms with van der Waals surface area (Å²) in [6.07, 6.45) is 0. The molecule has 3 aromatic carbocycles. The summed E-state index contributed by atoms with van der Waals surface area (Å²) in [5.41, 5.74) is 5.52. The molecule has 0 fully saturated rings. The number of carbonyl (C=O) groups is 1. The van der Waals surface area contributed by atoms with Crippen molar-refractivity contribution in [2.45, 2.75) is 19.8 Å². The van der Waals surface area contributed by atoms with Crippen LogP contribution in [0.3, 0.4) is 0 Å². The van der Waals surface area contributed by atoms with E-state index in [4.69, 9.17) is 5.10 Å². The molecule has 0 spiro atoms. The first kappa shape index (κ1) is 17.9. The Labute approximate surface area is 165 Å². The Morgan fingerprint density at radius 3 is 1.93 bits per heavy atom. The van der Waals surface area contributed by atoms with Gasteiger partial charge in [0.1, 0.15) is 0 Å². The van der Waals surface area contributed by atoms with Gasteiger partial charge in [0.05, 0.1) is 17.3 Å². The molecule has 0 amide bonds. The van der Waals surface area contributed by atoms with Crippen LogP contribution in [-0.4, -0.2) is 15.6 Å². The van der Waals surface area contributed by atoms with E-state index in [0.717, 1.165) is 28.2 Å². The van der Waals surface area contributed by atoms with Gasteiger partial charge in [-0.2, -0.15) is 5.10 Å². The van der Waals surface area contributed by atoms with Gasteiger partial charge in [-0.1, -0.05) is 78.9 Å². The second kappa shape index (κ2) is 7.65. The minimum Gasteiger partial charge on any atom is -0.293 e. The number of hydrogen-bond donors (Lipinski definition) is 0. The molecule has 28 heavy (non-hydrogen) atoms. The lowest BCUT2D eigenvalue weighted by Gasteiger charge is -2.18. The van der Waals surface area contributed by atoms with Crippen LogP contribution in [0.4, 0.5) is 0 Å². The number of aryl methyl sites for hydroxylation is 1. The summed E-state index contributed by atoms with van der Waals surface area (Å²) in [7, 11) is 0. The highest BCUT2D eigenvalue weighted by Crippen LogP contribution is 2.33. The van der Waals surface area contributed by atoms with Gasteiger partial charge in [0.15, 0.2) is 5.78 Å². The number of hydrogen-bond acceptors (Lipinski definition) is 2. The maximum Gasteiger partial charge on any atom is 0.174 e. The molecule has 0 N–H and O–H groups in total. The Hall–Kier alpha value is -3.46. The maximum atomic E-state index is 13.6. The van der Waals surface area contributed by atoms with E-state index in [1.165, 1.54) is 0 Å². The number of para-hydroxylation sites is 1. The third-order valence-electron chi connectivity index (χ3n) is 5.09. The van der Waals surface area contributed by atoms with Crippen LogP contribution in [-0.2, 0) is 0 Å². The lowest BCUT2D eigenvalue weighted by Crippen LogP contribution is -2.16. The molecular weight excluding hydrogens is 344 g/mol. The summed E-state index contributed by atoms with van der Waals surface area (Å²) in [4.78, 5) is 13.6. The average Bonchev–Trinajstić information content (AvgIpc) is 3.05. The zero-order chi connectivity index (χ0) is 19.5. The fraction of sp³-hybridized carbons (Fsp3) is 0.120. The smallest absolute Gasteiger partial charge is 0.174 e. The van der Waals surface area contributed by atoms with Crippen molar-refractivity contribution in [2.75, 3.05) is 0 Å². The van der Waals surface area contributed by atoms with Crippen LogP contribution in [0.2, 0.25) is 0 Å². The van der Waals surface area contributed by atoms with Gasteiger partial charge in [-0.05, 0) is 31.5 Å². The third kappa shape index (κ3) is 3.27. The monoisotopic (exact) mass is 366 g/mol. The van der Waals surface area contributed by atoms with Crippen LogP contribution < -0.4 is 0 Å². The van der Waals surface area contributed by atoms with Gasteiger partial charge in [0.2, 0.25) is 0 Å². The van der Waals surface area contributed by atoms with Crippen LogP contribution in [0.5, 0.6) is 0 Å². The second-order valence-corrected chi connectivity index (χ2v) is 6.91. The van der Waals surface area contributed by atoms with E-state index in [2.05, 4.69) is 0 Å². The molecule has 0 aliphatic rings. The molecule has 0 unspecified atom stereocenters. The predicted molar refractivity (Wildman–Crippen MR) is 112 cm³/mol. The van der Waals surface area contributed by atoms with E-state index in [1.807, 2.05) is 110 Å². The number of nitrogens with zero attached hydrogens (tertiary/aromatic N) is 2. The summed E-state index contributed by atoms with van der Waals surface area (Å²) in [5.74, 6) is -0.299. The summed E-state index contributed by atoms with van der Waals surface area (Å²) < 4.78 is 1.93. The van der Waals surface area contributed by atoms with Crippen molar-refractivity contribution in [1.82, 2.24) is 9.78 Å². The van der Waals surface area contributed by atoms with Gasteiger partial charge in [-0.3, -0.25) is 4.79 Å². The minimum atomic E-state index is -0.388. The summed E-state index contributed by atoms with van der Waals surface area (Å²) in [6.45, 7) is 4.02. The van der Waals surface area contributed by atoms with Crippen molar-refractivity contribution >= 4 is 5.78 Å². The molecule has 0 bridgehead atoms. The third-order valence-corrected chi connectivity index (χ3v) is 5.09. The molecule has 138 valence electrons. The first-order valence-corrected chi connectivity index (χ1v) is 9.42. The number of aromatic nitrogens is 2. The predicted octanol–water partition coefficient (Wildman–Crippen LogP) is 5.50. The Morgan fingerprint density at radius 1 is 0.786 bits per heavy atom. The number of Topliss-reactive ketones (excluding diaryl/α,β-unsaturated/α-hetero) is 1. The SMILES string of the molecule is Cc1nn(-c2ccccc2)c(C)c1[C@H](C(=O)c1ccccc1)c1ccccc1. The Balaban J connectivity index is 1.89. The summed E-state index contributed by atoms with van der Waals surface area (Å²) >= 11 is 0. The molecule has 0 saturated heterocycles. The van der Waals surface area contributed by atoms with Gasteiger partial charge < -0.3 is 0 Å². The molecule has 4 aromatic rings. The Kier molecular flexibility index (Phi) is 4.90. The molecule has 3 heteroatoms. The number of ketones is 1. The highest BCUT2D eigenvalue weighted by atomic mass is 16.1. The summed E-state index contributed by atoms with van der Waals surface area (Å²) in [6, 6.07) is 29.5. The van der Waals surface area contributed by atoms with E-state index < -0.39 is 0 Å². The van der Waals surface area contributed by atoms with Gasteiger partial charge in [-0.15, -0.1) is 0 Å². The first-order chi connectivity index (χ1) is 13.7. The molecule has 4 rings (SSSR count). The van der Waals surface area contributed by atoms with Gasteiger partial charge >= 0.3 is 0 Å². The molecular formula is C25H22N2O. The number of carbonyl (C=O) groups excluding carboxylic acids is 1. The zero-order valence-corrected chi connectivity index (χ0v) is 16.0. The Morgan fingerprint density at radius 2 is 1.32 bits per heavy atom. The van der Waals surface area contributed by atoms with Crippen LogP contribution in [0.15, 0.2) is 91.0 Å². The topological polar surface area (TPSA) is 34.9 Å². The van der Waals surface area contributed by atoms with Crippen molar-refractivity contribution in [3.63, 3.8) is 0 Å². The standard InChI is InChI=1S/C25H22N2O/c1-18-23(19(2)27(26-18)22-16-10-5-11-17-22)24(20-12-6-3-7-13-20)25(28)21-14-8-4-9-15-21/h3-17,24H,1-2H3/t24-/m1/s1. The van der Waals surface area contributed by atoms with Crippen LogP contribution in [0.25, 0.3) is 5.69 Å². The quantitative estimate of drug-likeness (QED) is 0.437. The fourth-order valence-electron chi connectivity index (χ4n) is 3.76. The molecule has 1 heterocycles. The number of benzene rings is 3. The van der Waals surface area contributed by atoms with E-state index >= 15 is 0 Å². The summed E-state index contributed by atoms with van der Waals surface area (Å²) in [5, 5.41) is 4.77. The van der Waals surface area contributed by atoms with Gasteiger partial charge in [0, 0.05) is 16.8 Å². The lowest BCUT2D eigenvalue weighted by molar-refractivity contribution is 0.0973. The molecule has 1 aromatic heterocycles. The largest absolute Gasteiger partial charge is 0.293 e. The van der Waals surface area contributed by atoms with Crippen LogP contribution in [0, 0.1) is 13.8 Å². The molecule has 0 aliphatic heterocycles. The van der Waals surface area contributed by atoms with E-state index in [9.17, 15) is 4.79 Å². The molecule has 1 atom stereocenters. The molecule has 3 nitrogen and oxygen atoms in total. The highest BCUT2D eigenvalue weighted by Gasteiger charge is 2.29. The van der Waals surface area contributed by atoms with Crippen LogP contribution >= 0.6 is 0 Å². The van der Waals surface area contributed by atoms with Gasteiger partial charge in [-0.25, -0.2) is 4.68 Å². The fourth-order valence-corrected chi connectivity index (χ4v) is 3.76.